The van der Waals surface area contributed by atoms with Crippen LogP contribution in [0, 0.1) is 12.3 Å². The summed E-state index contributed by atoms with van der Waals surface area (Å²) in [6.07, 6.45) is 5.83. The Morgan fingerprint density at radius 2 is 1.52 bits per heavy atom. The first-order valence-electron chi connectivity index (χ1n) is 6.92. The quantitative estimate of drug-likeness (QED) is 0.454. The largest absolute Gasteiger partial charge is 0.118 e. The van der Waals surface area contributed by atoms with Crippen LogP contribution in [0.1, 0.15) is 12.5 Å². The molecule has 0 amide bonds. The molecule has 0 saturated carbocycles. The van der Waals surface area contributed by atoms with Crippen LogP contribution in [0.5, 0.6) is 0 Å². The third kappa shape index (κ3) is 2.82. The smallest absolute Gasteiger partial charge is 0.103 e. The third-order valence-corrected chi connectivity index (χ3v) is 4.89. The van der Waals surface area contributed by atoms with E-state index in [4.69, 9.17) is 6.42 Å². The summed E-state index contributed by atoms with van der Waals surface area (Å²) in [6, 6.07) is 25.2. The summed E-state index contributed by atoms with van der Waals surface area (Å²) >= 11 is 1.72. The van der Waals surface area contributed by atoms with Crippen molar-refractivity contribution in [3.63, 3.8) is 0 Å². The number of rotatable bonds is 3. The van der Waals surface area contributed by atoms with Gasteiger partial charge in [0.15, 0.2) is 0 Å². The first-order valence-corrected chi connectivity index (χ1v) is 7.74. The van der Waals surface area contributed by atoms with Gasteiger partial charge in [0.25, 0.3) is 0 Å². The maximum atomic E-state index is 5.83. The summed E-state index contributed by atoms with van der Waals surface area (Å²) in [5, 5.41) is 2.50. The zero-order valence-corrected chi connectivity index (χ0v) is 12.7. The SMILES string of the molecule is C#CC(C)(Sc1ccc2ccccc2c1)c1ccccc1. The van der Waals surface area contributed by atoms with Crippen molar-refractivity contribution in [2.24, 2.45) is 0 Å². The first-order chi connectivity index (χ1) is 10.2. The number of fused-ring (bicyclic) bond motifs is 1. The van der Waals surface area contributed by atoms with Gasteiger partial charge < -0.3 is 0 Å². The van der Waals surface area contributed by atoms with E-state index in [0.717, 1.165) is 5.56 Å². The van der Waals surface area contributed by atoms with Crippen molar-refractivity contribution in [3.05, 3.63) is 78.4 Å². The van der Waals surface area contributed by atoms with Crippen LogP contribution in [-0.4, -0.2) is 0 Å². The molecule has 0 aliphatic carbocycles. The highest BCUT2D eigenvalue weighted by Crippen LogP contribution is 2.41. The van der Waals surface area contributed by atoms with E-state index in [2.05, 4.69) is 67.4 Å². The number of thioether (sulfide) groups is 1. The standard InChI is InChI=1S/C20H16S/c1-3-20(2,18-11-5-4-6-12-18)21-19-14-13-16-9-7-8-10-17(16)15-19/h1,4-15H,2H3. The molecule has 1 atom stereocenters. The maximum absolute atomic E-state index is 5.83. The minimum atomic E-state index is -0.357. The van der Waals surface area contributed by atoms with E-state index in [0.29, 0.717) is 0 Å². The lowest BCUT2D eigenvalue weighted by molar-refractivity contribution is 0.915. The van der Waals surface area contributed by atoms with Gasteiger partial charge in [-0.1, -0.05) is 66.6 Å². The Hall–Kier alpha value is -2.17. The van der Waals surface area contributed by atoms with Crippen molar-refractivity contribution in [3.8, 4) is 12.3 Å². The molecule has 0 radical (unpaired) electrons. The fourth-order valence-electron chi connectivity index (χ4n) is 2.39. The van der Waals surface area contributed by atoms with Gasteiger partial charge in [0.2, 0.25) is 0 Å². The molecule has 3 aromatic rings. The second kappa shape index (κ2) is 5.68. The second-order valence-electron chi connectivity index (χ2n) is 5.15. The molecular formula is C20H16S. The Morgan fingerprint density at radius 3 is 2.24 bits per heavy atom. The summed E-state index contributed by atoms with van der Waals surface area (Å²) in [5.41, 5.74) is 1.16. The molecule has 0 nitrogen and oxygen atoms in total. The monoisotopic (exact) mass is 288 g/mol. The predicted molar refractivity (Wildman–Crippen MR) is 92.4 cm³/mol. The lowest BCUT2D eigenvalue weighted by atomic mass is 10.0. The number of hydrogen-bond donors (Lipinski definition) is 0. The van der Waals surface area contributed by atoms with Crippen LogP contribution >= 0.6 is 11.8 Å². The minimum absolute atomic E-state index is 0.357. The van der Waals surface area contributed by atoms with Crippen LogP contribution < -0.4 is 0 Å². The summed E-state index contributed by atoms with van der Waals surface area (Å²) < 4.78 is -0.357. The molecule has 1 heteroatoms. The molecule has 0 aliphatic rings. The Labute approximate surface area is 130 Å². The van der Waals surface area contributed by atoms with Gasteiger partial charge in [0.05, 0.1) is 0 Å². The molecule has 1 unspecified atom stereocenters. The fraction of sp³-hybridized carbons (Fsp3) is 0.100. The van der Waals surface area contributed by atoms with Gasteiger partial charge in [0, 0.05) is 4.90 Å². The topological polar surface area (TPSA) is 0 Å². The van der Waals surface area contributed by atoms with Gasteiger partial charge >= 0.3 is 0 Å². The van der Waals surface area contributed by atoms with E-state index in [1.165, 1.54) is 15.7 Å². The molecule has 0 saturated heterocycles. The molecule has 3 rings (SSSR count). The third-order valence-electron chi connectivity index (χ3n) is 3.64. The van der Waals surface area contributed by atoms with E-state index in [9.17, 15) is 0 Å². The summed E-state index contributed by atoms with van der Waals surface area (Å²) in [4.78, 5) is 1.19. The highest BCUT2D eigenvalue weighted by atomic mass is 32.2. The van der Waals surface area contributed by atoms with Crippen LogP contribution in [0.25, 0.3) is 10.8 Å². The van der Waals surface area contributed by atoms with Crippen LogP contribution in [0.2, 0.25) is 0 Å². The van der Waals surface area contributed by atoms with Crippen molar-refractivity contribution in [2.45, 2.75) is 16.6 Å². The van der Waals surface area contributed by atoms with E-state index < -0.39 is 0 Å². The van der Waals surface area contributed by atoms with E-state index in [-0.39, 0.29) is 4.75 Å². The zero-order chi connectivity index (χ0) is 14.7. The summed E-state index contributed by atoms with van der Waals surface area (Å²) in [7, 11) is 0. The molecule has 3 aromatic carbocycles. The normalized spacial score (nSPS) is 13.5. The van der Waals surface area contributed by atoms with Crippen molar-refractivity contribution >= 4 is 22.5 Å². The Morgan fingerprint density at radius 1 is 0.857 bits per heavy atom. The summed E-state index contributed by atoms with van der Waals surface area (Å²) in [5.74, 6) is 2.95. The van der Waals surface area contributed by atoms with Crippen molar-refractivity contribution in [1.29, 1.82) is 0 Å². The molecular weight excluding hydrogens is 272 g/mol. The highest BCUT2D eigenvalue weighted by Gasteiger charge is 2.25. The molecule has 0 N–H and O–H groups in total. The van der Waals surface area contributed by atoms with Crippen molar-refractivity contribution < 1.29 is 0 Å². The van der Waals surface area contributed by atoms with E-state index in [1.54, 1.807) is 11.8 Å². The average molecular weight is 288 g/mol. The van der Waals surface area contributed by atoms with Gasteiger partial charge in [-0.25, -0.2) is 0 Å². The van der Waals surface area contributed by atoms with Crippen LogP contribution in [0.3, 0.4) is 0 Å². The second-order valence-corrected chi connectivity index (χ2v) is 6.65. The predicted octanol–water partition coefficient (Wildman–Crippen LogP) is 5.48. The first kappa shape index (κ1) is 13.8. The molecule has 0 heterocycles. The molecule has 21 heavy (non-hydrogen) atoms. The Kier molecular flexibility index (Phi) is 3.73. The molecule has 102 valence electrons. The van der Waals surface area contributed by atoms with Crippen molar-refractivity contribution in [1.82, 2.24) is 0 Å². The average Bonchev–Trinajstić information content (AvgIpc) is 2.55. The van der Waals surface area contributed by atoms with E-state index >= 15 is 0 Å². The fourth-order valence-corrected chi connectivity index (χ4v) is 3.50. The number of hydrogen-bond acceptors (Lipinski definition) is 1. The summed E-state index contributed by atoms with van der Waals surface area (Å²) in [6.45, 7) is 2.10. The van der Waals surface area contributed by atoms with Gasteiger partial charge in [-0.15, -0.1) is 18.2 Å². The Balaban J connectivity index is 1.98. The number of terminal acetylenes is 1. The van der Waals surface area contributed by atoms with Crippen LogP contribution in [0.4, 0.5) is 0 Å². The highest BCUT2D eigenvalue weighted by molar-refractivity contribution is 8.00. The van der Waals surface area contributed by atoms with Gasteiger partial charge in [0.1, 0.15) is 4.75 Å². The maximum Gasteiger partial charge on any atom is 0.103 e. The van der Waals surface area contributed by atoms with Crippen LogP contribution in [0.15, 0.2) is 77.7 Å². The minimum Gasteiger partial charge on any atom is -0.118 e. The molecule has 0 aromatic heterocycles. The van der Waals surface area contributed by atoms with Gasteiger partial charge in [-0.3, -0.25) is 0 Å². The molecule has 0 bridgehead atoms. The lowest BCUT2D eigenvalue weighted by Crippen LogP contribution is -2.14. The molecule has 0 aliphatic heterocycles. The van der Waals surface area contributed by atoms with Gasteiger partial charge in [-0.2, -0.15) is 0 Å². The van der Waals surface area contributed by atoms with Crippen LogP contribution in [-0.2, 0) is 4.75 Å². The zero-order valence-electron chi connectivity index (χ0n) is 11.9. The molecule has 0 fully saturated rings. The Bertz CT molecular complexity index is 799. The van der Waals surface area contributed by atoms with Gasteiger partial charge in [-0.05, 0) is 35.4 Å². The lowest BCUT2D eigenvalue weighted by Gasteiger charge is -2.23. The number of benzene rings is 3. The van der Waals surface area contributed by atoms with Crippen molar-refractivity contribution in [2.75, 3.05) is 0 Å². The van der Waals surface area contributed by atoms with E-state index in [1.807, 2.05) is 18.2 Å². The molecule has 0 spiro atoms.